The van der Waals surface area contributed by atoms with Crippen LogP contribution in [0.4, 0.5) is 0 Å². The van der Waals surface area contributed by atoms with Crippen molar-refractivity contribution in [3.05, 3.63) is 35.9 Å². The van der Waals surface area contributed by atoms with Crippen molar-refractivity contribution in [1.82, 2.24) is 9.80 Å². The Bertz CT molecular complexity index is 471. The molecular formula is C18H31Cl2N3O. The third-order valence-electron chi connectivity index (χ3n) is 4.70. The fourth-order valence-electron chi connectivity index (χ4n) is 3.20. The lowest BCUT2D eigenvalue weighted by molar-refractivity contribution is -0.138. The van der Waals surface area contributed by atoms with Crippen LogP contribution in [0.5, 0.6) is 0 Å². The van der Waals surface area contributed by atoms with Crippen molar-refractivity contribution < 1.29 is 4.79 Å². The van der Waals surface area contributed by atoms with Crippen molar-refractivity contribution in [3.63, 3.8) is 0 Å². The standard InChI is InChI=1S/C18H29N3O.2ClH/c1-15(20(2)13-16-7-4-3-5-8-16)18(22)21-12-6-9-17(14-21)10-11-19;;/h3-5,7-8,15,17H,6,9-14,19H2,1-2H3;2*1H. The van der Waals surface area contributed by atoms with Crippen molar-refractivity contribution in [1.29, 1.82) is 0 Å². The van der Waals surface area contributed by atoms with Gasteiger partial charge in [0.05, 0.1) is 6.04 Å². The first-order valence-electron chi connectivity index (χ1n) is 8.35. The number of likely N-dealkylation sites (tertiary alicyclic amines) is 1. The highest BCUT2D eigenvalue weighted by atomic mass is 35.5. The van der Waals surface area contributed by atoms with E-state index in [1.165, 1.54) is 12.0 Å². The predicted octanol–water partition coefficient (Wildman–Crippen LogP) is 2.94. The van der Waals surface area contributed by atoms with Crippen LogP contribution in [0.1, 0.15) is 31.7 Å². The second-order valence-corrected chi connectivity index (χ2v) is 6.45. The molecule has 1 aromatic rings. The largest absolute Gasteiger partial charge is 0.341 e. The second kappa shape index (κ2) is 11.7. The summed E-state index contributed by atoms with van der Waals surface area (Å²) in [7, 11) is 2.02. The van der Waals surface area contributed by atoms with Gasteiger partial charge in [-0.3, -0.25) is 9.69 Å². The summed E-state index contributed by atoms with van der Waals surface area (Å²) in [5.41, 5.74) is 6.90. The molecule has 1 aromatic carbocycles. The fourth-order valence-corrected chi connectivity index (χ4v) is 3.20. The number of rotatable bonds is 6. The summed E-state index contributed by atoms with van der Waals surface area (Å²) in [5, 5.41) is 0. The van der Waals surface area contributed by atoms with Gasteiger partial charge in [0, 0.05) is 19.6 Å². The molecule has 1 amide bonds. The SMILES string of the molecule is CC(C(=O)N1CCCC(CCN)C1)N(C)Cc1ccccc1.Cl.Cl. The van der Waals surface area contributed by atoms with Crippen molar-refractivity contribution in [3.8, 4) is 0 Å². The monoisotopic (exact) mass is 375 g/mol. The lowest BCUT2D eigenvalue weighted by Crippen LogP contribution is -2.49. The van der Waals surface area contributed by atoms with Crippen molar-refractivity contribution in [2.24, 2.45) is 11.7 Å². The number of benzene rings is 1. The summed E-state index contributed by atoms with van der Waals surface area (Å²) >= 11 is 0. The van der Waals surface area contributed by atoms with Crippen LogP contribution >= 0.6 is 24.8 Å². The van der Waals surface area contributed by atoms with E-state index in [1.807, 2.05) is 37.1 Å². The average Bonchev–Trinajstić information content (AvgIpc) is 2.55. The van der Waals surface area contributed by atoms with E-state index in [4.69, 9.17) is 5.73 Å². The van der Waals surface area contributed by atoms with E-state index < -0.39 is 0 Å². The molecule has 1 aliphatic rings. The smallest absolute Gasteiger partial charge is 0.239 e. The van der Waals surface area contributed by atoms with E-state index >= 15 is 0 Å². The Hall–Kier alpha value is -0.810. The summed E-state index contributed by atoms with van der Waals surface area (Å²) in [6, 6.07) is 10.2. The number of piperidine rings is 1. The lowest BCUT2D eigenvalue weighted by atomic mass is 9.94. The molecule has 0 aromatic heterocycles. The van der Waals surface area contributed by atoms with Gasteiger partial charge >= 0.3 is 0 Å². The molecule has 0 saturated carbocycles. The van der Waals surface area contributed by atoms with E-state index in [1.54, 1.807) is 0 Å². The molecule has 24 heavy (non-hydrogen) atoms. The summed E-state index contributed by atoms with van der Waals surface area (Å²) in [6.45, 7) is 5.30. The molecule has 1 saturated heterocycles. The molecule has 2 rings (SSSR count). The maximum absolute atomic E-state index is 12.7. The summed E-state index contributed by atoms with van der Waals surface area (Å²) in [6.07, 6.45) is 3.33. The lowest BCUT2D eigenvalue weighted by Gasteiger charge is -2.36. The number of likely N-dealkylation sites (N-methyl/N-ethyl adjacent to an activating group) is 1. The van der Waals surface area contributed by atoms with Gasteiger partial charge in [0.15, 0.2) is 0 Å². The van der Waals surface area contributed by atoms with E-state index in [9.17, 15) is 4.79 Å². The van der Waals surface area contributed by atoms with Crippen LogP contribution < -0.4 is 5.73 Å². The minimum atomic E-state index is -0.0863. The third kappa shape index (κ3) is 6.60. The maximum atomic E-state index is 12.7. The molecule has 2 unspecified atom stereocenters. The Kier molecular flexibility index (Phi) is 11.3. The molecule has 2 atom stereocenters. The zero-order valence-electron chi connectivity index (χ0n) is 14.7. The molecular weight excluding hydrogens is 345 g/mol. The number of carbonyl (C=O) groups excluding carboxylic acids is 1. The van der Waals surface area contributed by atoms with E-state index in [2.05, 4.69) is 17.0 Å². The fraction of sp³-hybridized carbons (Fsp3) is 0.611. The number of hydrogen-bond donors (Lipinski definition) is 1. The molecule has 138 valence electrons. The summed E-state index contributed by atoms with van der Waals surface area (Å²) in [5.74, 6) is 0.828. The van der Waals surface area contributed by atoms with Crippen LogP contribution in [0.25, 0.3) is 0 Å². The number of amides is 1. The van der Waals surface area contributed by atoms with Gasteiger partial charge in [0.1, 0.15) is 0 Å². The van der Waals surface area contributed by atoms with Crippen molar-refractivity contribution in [2.45, 2.75) is 38.8 Å². The molecule has 0 spiro atoms. The highest BCUT2D eigenvalue weighted by molar-refractivity contribution is 5.85. The van der Waals surface area contributed by atoms with E-state index in [0.29, 0.717) is 5.92 Å². The molecule has 4 nitrogen and oxygen atoms in total. The van der Waals surface area contributed by atoms with Gasteiger partial charge in [-0.25, -0.2) is 0 Å². The Morgan fingerprint density at radius 2 is 2.00 bits per heavy atom. The molecule has 0 bridgehead atoms. The molecule has 0 aliphatic carbocycles. The van der Waals surface area contributed by atoms with Gasteiger partial charge in [-0.15, -0.1) is 24.8 Å². The molecule has 6 heteroatoms. The van der Waals surface area contributed by atoms with E-state index in [-0.39, 0.29) is 36.8 Å². The Labute approximate surface area is 158 Å². The van der Waals surface area contributed by atoms with Crippen LogP contribution in [0, 0.1) is 5.92 Å². The summed E-state index contributed by atoms with van der Waals surface area (Å²) in [4.78, 5) is 16.9. The number of halogens is 2. The van der Waals surface area contributed by atoms with Gasteiger partial charge in [-0.1, -0.05) is 30.3 Å². The second-order valence-electron chi connectivity index (χ2n) is 6.45. The highest BCUT2D eigenvalue weighted by Gasteiger charge is 2.28. The minimum absolute atomic E-state index is 0. The van der Waals surface area contributed by atoms with Gasteiger partial charge in [-0.05, 0) is 51.3 Å². The van der Waals surface area contributed by atoms with Gasteiger partial charge in [-0.2, -0.15) is 0 Å². The number of nitrogens with two attached hydrogens (primary N) is 1. The average molecular weight is 376 g/mol. The van der Waals surface area contributed by atoms with E-state index in [0.717, 1.165) is 39.0 Å². The Balaban J connectivity index is 0.00000264. The first kappa shape index (κ1) is 23.2. The number of nitrogens with zero attached hydrogens (tertiary/aromatic N) is 2. The van der Waals surface area contributed by atoms with Gasteiger partial charge in [0.25, 0.3) is 0 Å². The maximum Gasteiger partial charge on any atom is 0.239 e. The van der Waals surface area contributed by atoms with Crippen molar-refractivity contribution >= 4 is 30.7 Å². The number of carbonyl (C=O) groups is 1. The first-order chi connectivity index (χ1) is 10.6. The molecule has 2 N–H and O–H groups in total. The normalized spacial score (nSPS) is 18.5. The van der Waals surface area contributed by atoms with Gasteiger partial charge in [0.2, 0.25) is 5.91 Å². The van der Waals surface area contributed by atoms with Crippen LogP contribution in [0.3, 0.4) is 0 Å². The first-order valence-corrected chi connectivity index (χ1v) is 8.35. The minimum Gasteiger partial charge on any atom is -0.341 e. The van der Waals surface area contributed by atoms with Crippen LogP contribution in [-0.2, 0) is 11.3 Å². The summed E-state index contributed by atoms with van der Waals surface area (Å²) < 4.78 is 0. The molecule has 0 radical (unpaired) electrons. The van der Waals surface area contributed by atoms with Crippen molar-refractivity contribution in [2.75, 3.05) is 26.7 Å². The topological polar surface area (TPSA) is 49.6 Å². The zero-order valence-corrected chi connectivity index (χ0v) is 16.3. The Morgan fingerprint density at radius 1 is 1.33 bits per heavy atom. The predicted molar refractivity (Wildman–Crippen MR) is 105 cm³/mol. The molecule has 1 aliphatic heterocycles. The molecule has 1 fully saturated rings. The van der Waals surface area contributed by atoms with Crippen LogP contribution in [-0.4, -0.2) is 48.4 Å². The van der Waals surface area contributed by atoms with Crippen LogP contribution in [0.2, 0.25) is 0 Å². The quantitative estimate of drug-likeness (QED) is 0.831. The molecule has 1 heterocycles. The highest BCUT2D eigenvalue weighted by Crippen LogP contribution is 2.20. The Morgan fingerprint density at radius 3 is 2.62 bits per heavy atom. The number of hydrogen-bond acceptors (Lipinski definition) is 3. The third-order valence-corrected chi connectivity index (χ3v) is 4.70. The van der Waals surface area contributed by atoms with Crippen LogP contribution in [0.15, 0.2) is 30.3 Å². The van der Waals surface area contributed by atoms with Gasteiger partial charge < -0.3 is 10.6 Å². The zero-order chi connectivity index (χ0) is 15.9.